The van der Waals surface area contributed by atoms with Gasteiger partial charge in [-0.25, -0.2) is 71.5 Å². The molecule has 0 unspecified atom stereocenters. The number of H-pyrrole nitrogens is 3. The summed E-state index contributed by atoms with van der Waals surface area (Å²) in [7, 11) is -11.0. The molecule has 6 aromatic carbocycles. The van der Waals surface area contributed by atoms with Gasteiger partial charge in [0.2, 0.25) is 23.2 Å². The van der Waals surface area contributed by atoms with Crippen LogP contribution in [0.15, 0.2) is 210 Å². The fourth-order valence-corrected chi connectivity index (χ4v) is 13.7. The van der Waals surface area contributed by atoms with E-state index in [2.05, 4.69) is 49.1 Å². The number of sulfonamides is 3. The van der Waals surface area contributed by atoms with Crippen LogP contribution in [0, 0.1) is 55.7 Å². The van der Waals surface area contributed by atoms with Crippen LogP contribution in [-0.2, 0) is 30.1 Å². The molecule has 0 bridgehead atoms. The number of nitrogens with zero attached hydrogens (tertiary/aromatic N) is 4. The first-order chi connectivity index (χ1) is 46.7. The molecule has 13 rings (SSSR count). The van der Waals surface area contributed by atoms with Gasteiger partial charge in [-0.15, -0.1) is 0 Å². The number of anilines is 3. The molecule has 6 N–H and O–H groups in total. The van der Waals surface area contributed by atoms with Crippen molar-refractivity contribution >= 4 is 97.6 Å². The zero-order valence-electron chi connectivity index (χ0n) is 51.3. The number of halogens is 6. The van der Waals surface area contributed by atoms with E-state index in [0.717, 1.165) is 36.4 Å². The summed E-state index contributed by atoms with van der Waals surface area (Å²) in [6, 6.07) is 34.8. The highest BCUT2D eigenvalue weighted by Crippen LogP contribution is 2.34. The topological polar surface area (TPSA) is 298 Å². The van der Waals surface area contributed by atoms with Crippen LogP contribution in [0.5, 0.6) is 5.88 Å². The van der Waals surface area contributed by atoms with Crippen LogP contribution >= 0.6 is 0 Å². The molecule has 0 saturated carbocycles. The number of methoxy groups -OCH3 is 1. The number of carbonyl (C=O) groups excluding carboxylic acids is 3. The Labute approximate surface area is 554 Å². The maximum absolute atomic E-state index is 15.5. The number of rotatable bonds is 17. The fourth-order valence-electron chi connectivity index (χ4n) is 10.2. The summed E-state index contributed by atoms with van der Waals surface area (Å²) >= 11 is 0. The number of aromatic nitrogens is 7. The number of aromatic amines is 3. The van der Waals surface area contributed by atoms with Crippen molar-refractivity contribution in [3.8, 4) is 17.0 Å². The number of hydrogen-bond acceptors (Lipinski definition) is 14. The molecule has 0 radical (unpaired) electrons. The number of hydrogen-bond donors (Lipinski definition) is 6. The van der Waals surface area contributed by atoms with Gasteiger partial charge in [0.1, 0.15) is 34.4 Å². The second-order valence-corrected chi connectivity index (χ2v) is 26.8. The van der Waals surface area contributed by atoms with Crippen LogP contribution in [-0.4, -0.2) is 84.6 Å². The maximum atomic E-state index is 15.5. The van der Waals surface area contributed by atoms with Crippen LogP contribution in [0.1, 0.15) is 64.5 Å². The minimum absolute atomic E-state index is 0.0228. The van der Waals surface area contributed by atoms with Gasteiger partial charge < -0.3 is 19.7 Å². The third kappa shape index (κ3) is 14.0. The molecule has 20 nitrogen and oxygen atoms in total. The summed E-state index contributed by atoms with van der Waals surface area (Å²) < 4.78 is 177. The number of benzene rings is 6. The quantitative estimate of drug-likeness (QED) is 0.0365. The van der Waals surface area contributed by atoms with Gasteiger partial charge in [-0.2, -0.15) is 0 Å². The Morgan fingerprint density at radius 1 is 0.398 bits per heavy atom. The minimum atomic E-state index is -4.20. The monoisotopic (exact) mass is 1390 g/mol. The van der Waals surface area contributed by atoms with Crippen LogP contribution in [0.25, 0.3) is 44.2 Å². The normalized spacial score (nSPS) is 11.5. The molecule has 0 aliphatic heterocycles. The van der Waals surface area contributed by atoms with E-state index in [0.29, 0.717) is 66.8 Å². The van der Waals surface area contributed by atoms with Crippen LogP contribution < -0.4 is 18.9 Å². The zero-order chi connectivity index (χ0) is 70.0. The molecule has 0 aliphatic rings. The molecule has 496 valence electrons. The van der Waals surface area contributed by atoms with Crippen molar-refractivity contribution in [3.05, 3.63) is 280 Å². The van der Waals surface area contributed by atoms with Crippen LogP contribution in [0.4, 0.5) is 43.4 Å². The lowest BCUT2D eigenvalue weighted by Gasteiger charge is -2.12. The smallest absolute Gasteiger partial charge is 0.261 e. The Morgan fingerprint density at radius 3 is 1.10 bits per heavy atom. The number of nitrogens with one attached hydrogen (secondary N) is 6. The highest BCUT2D eigenvalue weighted by Gasteiger charge is 2.30. The van der Waals surface area contributed by atoms with E-state index >= 15 is 13.2 Å². The Bertz CT molecular complexity index is 5480. The minimum Gasteiger partial charge on any atom is -0.481 e. The average Bonchev–Trinajstić information content (AvgIpc) is 1.45. The van der Waals surface area contributed by atoms with E-state index in [1.165, 1.54) is 74.5 Å². The molecule has 13 aromatic rings. The third-order valence-electron chi connectivity index (χ3n) is 15.0. The van der Waals surface area contributed by atoms with Gasteiger partial charge in [-0.05, 0) is 147 Å². The van der Waals surface area contributed by atoms with Gasteiger partial charge in [-0.3, -0.25) is 28.5 Å². The third-order valence-corrected chi connectivity index (χ3v) is 19.1. The summed E-state index contributed by atoms with van der Waals surface area (Å²) in [5.74, 6) is -9.68. The summed E-state index contributed by atoms with van der Waals surface area (Å²) in [6.07, 6.45) is 10.1. The van der Waals surface area contributed by atoms with E-state index in [1.807, 2.05) is 0 Å². The van der Waals surface area contributed by atoms with Crippen molar-refractivity contribution < 1.29 is 70.7 Å². The van der Waals surface area contributed by atoms with E-state index in [4.69, 9.17) is 4.74 Å². The number of ether oxygens (including phenoxy) is 1. The number of ketones is 3. The van der Waals surface area contributed by atoms with Crippen molar-refractivity contribution in [2.24, 2.45) is 0 Å². The Morgan fingerprint density at radius 2 is 0.755 bits per heavy atom. The standard InChI is InChI=1S/C27H20F2N4O4S.2C21H15F2N3O3S/c1-15-4-3-5-18(10-15)38(35,36)33-22-8-7-21(28)24(25(22)29)26(34)20-14-32-27-19(20)11-17(13-31-27)16-6-9-23(37-2)30-12-16;2*1-12-4-2-5-13(10-12)30(28,29)26-17-8-7-16(22)18(19(17)23)20(27)15-11-25-21-14(15)6-3-9-24-21/h3-14,33H,1-2H3,(H,31,32);2*2-11,26H,1H3,(H,24,25). The first-order valence-corrected chi connectivity index (χ1v) is 33.4. The molecule has 7 heterocycles. The van der Waals surface area contributed by atoms with Crippen molar-refractivity contribution in [2.75, 3.05) is 21.3 Å². The molecule has 0 saturated heterocycles. The Hall–Kier alpha value is -11.8. The molecule has 0 amide bonds. The van der Waals surface area contributed by atoms with Crippen LogP contribution in [0.2, 0.25) is 0 Å². The SMILES string of the molecule is COc1ccc(-c2cnc3[nH]cc(C(=O)c4c(F)ccc(NS(=O)(=O)c5cccc(C)c5)c4F)c3c2)cn1.Cc1cccc(S(=O)(=O)Nc2ccc(F)c(C(=O)c3c[nH]c4ncccc34)c2F)c1.Cc1cccc(S(=O)(=O)Nc2ccc(F)c(C(=O)c3c[nH]c4ncccc34)c2F)c1. The van der Waals surface area contributed by atoms with Crippen molar-refractivity contribution in [1.82, 2.24) is 34.9 Å². The molecule has 7 aromatic heterocycles. The first kappa shape index (κ1) is 67.6. The van der Waals surface area contributed by atoms with Crippen molar-refractivity contribution in [3.63, 3.8) is 0 Å². The summed E-state index contributed by atoms with van der Waals surface area (Å²) in [6.45, 7) is 5.13. The highest BCUT2D eigenvalue weighted by molar-refractivity contribution is 7.93. The van der Waals surface area contributed by atoms with E-state index < -0.39 is 116 Å². The van der Waals surface area contributed by atoms with Gasteiger partial charge in [0.25, 0.3) is 30.1 Å². The lowest BCUT2D eigenvalue weighted by atomic mass is 10.00. The number of aryl methyl sites for hydroxylation is 3. The first-order valence-electron chi connectivity index (χ1n) is 28.9. The molecule has 29 heteroatoms. The second-order valence-electron chi connectivity index (χ2n) is 21.7. The largest absolute Gasteiger partial charge is 0.481 e. The van der Waals surface area contributed by atoms with Gasteiger partial charge in [0.05, 0.1) is 55.5 Å². The molecule has 0 fully saturated rings. The van der Waals surface area contributed by atoms with E-state index in [-0.39, 0.29) is 31.4 Å². The van der Waals surface area contributed by atoms with E-state index in [1.54, 1.807) is 112 Å². The molecule has 0 aliphatic carbocycles. The number of carbonyl (C=O) groups is 3. The molecule has 98 heavy (non-hydrogen) atoms. The lowest BCUT2D eigenvalue weighted by molar-refractivity contribution is 0.102. The summed E-state index contributed by atoms with van der Waals surface area (Å²) in [4.78, 5) is 63.8. The molecule has 0 spiro atoms. The molecule has 0 atom stereocenters. The Balaban J connectivity index is 0.000000150. The van der Waals surface area contributed by atoms with Gasteiger partial charge in [-0.1, -0.05) is 36.4 Å². The van der Waals surface area contributed by atoms with Crippen LogP contribution in [0.3, 0.4) is 0 Å². The number of pyridine rings is 4. The molecular weight excluding hydrogens is 1340 g/mol. The van der Waals surface area contributed by atoms with E-state index in [9.17, 15) is 52.8 Å². The van der Waals surface area contributed by atoms with Gasteiger partial charge in [0.15, 0.2) is 17.5 Å². The summed E-state index contributed by atoms with van der Waals surface area (Å²) in [5, 5.41) is 1.12. The second kappa shape index (κ2) is 27.5. The fraction of sp³-hybridized carbons (Fsp3) is 0.0580. The molecular formula is C69H50F6N10O10S3. The predicted octanol–water partition coefficient (Wildman–Crippen LogP) is 13.6. The van der Waals surface area contributed by atoms with Crippen molar-refractivity contribution in [2.45, 2.75) is 35.5 Å². The Kier molecular flexibility index (Phi) is 19.0. The average molecular weight is 1390 g/mol. The van der Waals surface area contributed by atoms with Gasteiger partial charge in [0, 0.05) is 93.4 Å². The van der Waals surface area contributed by atoms with Crippen molar-refractivity contribution in [1.29, 1.82) is 0 Å². The lowest BCUT2D eigenvalue weighted by Crippen LogP contribution is -2.16. The maximum Gasteiger partial charge on any atom is 0.261 e. The number of fused-ring (bicyclic) bond motifs is 3. The highest BCUT2D eigenvalue weighted by atomic mass is 32.2. The zero-order valence-corrected chi connectivity index (χ0v) is 53.8. The van der Waals surface area contributed by atoms with Gasteiger partial charge >= 0.3 is 0 Å². The summed E-state index contributed by atoms with van der Waals surface area (Å²) in [5.41, 5.74) is 0.260. The predicted molar refractivity (Wildman–Crippen MR) is 353 cm³/mol.